The summed E-state index contributed by atoms with van der Waals surface area (Å²) in [5, 5.41) is 42.8. The van der Waals surface area contributed by atoms with Crippen LogP contribution in [0.5, 0.6) is 0 Å². The highest BCUT2D eigenvalue weighted by Crippen LogP contribution is 2.33. The van der Waals surface area contributed by atoms with Crippen LogP contribution in [0.3, 0.4) is 0 Å². The molecule has 0 bridgehead atoms. The number of carbonyl (C=O) groups excluding carboxylic acids is 2. The molecule has 0 spiro atoms. The second kappa shape index (κ2) is 15.5. The van der Waals surface area contributed by atoms with Crippen molar-refractivity contribution >= 4 is 11.8 Å². The van der Waals surface area contributed by atoms with Gasteiger partial charge < -0.3 is 39.5 Å². The number of carbonyl (C=O) groups is 2. The Bertz CT molecular complexity index is 890. The number of allylic oxidation sites excluding steroid dienone is 3. The molecular formula is C30H51NO9. The molecule has 3 unspecified atom stereocenters. The molecule has 0 radical (unpaired) electrons. The number of aliphatic hydroxyl groups is 4. The predicted molar refractivity (Wildman–Crippen MR) is 150 cm³/mol. The van der Waals surface area contributed by atoms with Gasteiger partial charge in [0, 0.05) is 17.8 Å². The summed E-state index contributed by atoms with van der Waals surface area (Å²) in [6.07, 6.45) is -0.670. The summed E-state index contributed by atoms with van der Waals surface area (Å²) in [4.78, 5) is 27.6. The van der Waals surface area contributed by atoms with Crippen LogP contribution in [0.25, 0.3) is 0 Å². The number of esters is 1. The molecule has 12 atom stereocenters. The van der Waals surface area contributed by atoms with Gasteiger partial charge in [-0.3, -0.25) is 9.59 Å². The molecule has 2 rings (SSSR count). The van der Waals surface area contributed by atoms with Gasteiger partial charge in [-0.05, 0) is 52.8 Å². The van der Waals surface area contributed by atoms with Crippen LogP contribution in [0.4, 0.5) is 0 Å². The van der Waals surface area contributed by atoms with E-state index in [0.29, 0.717) is 12.8 Å². The molecule has 0 aromatic rings. The number of likely N-dealkylation sites (N-methyl/N-ethyl adjacent to an activating group) is 1. The fourth-order valence-corrected chi connectivity index (χ4v) is 5.79. The molecule has 0 aliphatic carbocycles. The first-order valence-electron chi connectivity index (χ1n) is 14.4. The van der Waals surface area contributed by atoms with Gasteiger partial charge in [0.15, 0.2) is 12.1 Å². The lowest BCUT2D eigenvalue weighted by Crippen LogP contribution is -2.63. The zero-order chi connectivity index (χ0) is 30.3. The Morgan fingerprint density at radius 3 is 2.27 bits per heavy atom. The monoisotopic (exact) mass is 569 g/mol. The number of aliphatic hydroxyl groups excluding tert-OH is 4. The predicted octanol–water partition coefficient (Wildman–Crippen LogP) is 1.83. The number of rotatable bonds is 5. The standard InChI is InChI=1S/C30H51NO9/c1-9-24-21(15-32)12-16(2)10-11-22(33)17(3)13-18(4)29(19(5)23(34)14-25(35)39-24)40-30-28(37)26(31(7)8)27(36)20(6)38-30/h10-12,17-21,23-24,26-30,32,34,36-37H,9,13-15H2,1-8H3/b11-10+,16-12+/t17-,18+,19+,20-,21-,23-,24-,26?,27?,28?,29+,30+/m1/s1. The number of hydrogen-bond acceptors (Lipinski definition) is 10. The number of cyclic esters (lactones) is 1. The minimum Gasteiger partial charge on any atom is -0.462 e. The Morgan fingerprint density at radius 2 is 1.70 bits per heavy atom. The molecule has 10 nitrogen and oxygen atoms in total. The molecule has 230 valence electrons. The highest BCUT2D eigenvalue weighted by atomic mass is 16.7. The third-order valence-electron chi connectivity index (χ3n) is 8.33. The summed E-state index contributed by atoms with van der Waals surface area (Å²) < 4.78 is 17.9. The van der Waals surface area contributed by atoms with Gasteiger partial charge in [0.25, 0.3) is 0 Å². The molecule has 1 saturated heterocycles. The third-order valence-corrected chi connectivity index (χ3v) is 8.33. The largest absolute Gasteiger partial charge is 0.462 e. The first kappa shape index (κ1) is 34.5. The van der Waals surface area contributed by atoms with Gasteiger partial charge in [0.05, 0.1) is 43.5 Å². The van der Waals surface area contributed by atoms with Crippen molar-refractivity contribution in [2.24, 2.45) is 23.7 Å². The van der Waals surface area contributed by atoms with Crippen LogP contribution in [-0.2, 0) is 23.8 Å². The van der Waals surface area contributed by atoms with Crippen molar-refractivity contribution in [3.63, 3.8) is 0 Å². The lowest BCUT2D eigenvalue weighted by Gasteiger charge is -2.46. The van der Waals surface area contributed by atoms with E-state index in [4.69, 9.17) is 14.2 Å². The van der Waals surface area contributed by atoms with E-state index in [9.17, 15) is 30.0 Å². The molecule has 2 aliphatic rings. The maximum Gasteiger partial charge on any atom is 0.308 e. The summed E-state index contributed by atoms with van der Waals surface area (Å²) in [6.45, 7) is 10.6. The molecule has 0 amide bonds. The van der Waals surface area contributed by atoms with E-state index in [1.165, 1.54) is 6.08 Å². The van der Waals surface area contributed by atoms with Gasteiger partial charge >= 0.3 is 5.97 Å². The molecule has 4 N–H and O–H groups in total. The topological polar surface area (TPSA) is 146 Å². The Morgan fingerprint density at radius 1 is 1.05 bits per heavy atom. The van der Waals surface area contributed by atoms with E-state index in [-0.39, 0.29) is 30.6 Å². The normalized spacial score (nSPS) is 43.2. The minimum absolute atomic E-state index is 0.0731. The van der Waals surface area contributed by atoms with E-state index in [1.807, 2.05) is 27.7 Å². The molecule has 1 fully saturated rings. The quantitative estimate of drug-likeness (QED) is 0.362. The van der Waals surface area contributed by atoms with E-state index < -0.39 is 66.8 Å². The molecule has 0 aromatic heterocycles. The van der Waals surface area contributed by atoms with Gasteiger partial charge in [0.1, 0.15) is 12.2 Å². The zero-order valence-electron chi connectivity index (χ0n) is 25.3. The van der Waals surface area contributed by atoms with Crippen molar-refractivity contribution in [3.05, 3.63) is 23.8 Å². The first-order chi connectivity index (χ1) is 18.7. The Balaban J connectivity index is 2.42. The van der Waals surface area contributed by atoms with Gasteiger partial charge in [0.2, 0.25) is 0 Å². The lowest BCUT2D eigenvalue weighted by atomic mass is 9.82. The van der Waals surface area contributed by atoms with Crippen LogP contribution < -0.4 is 0 Å². The van der Waals surface area contributed by atoms with Crippen molar-refractivity contribution in [3.8, 4) is 0 Å². The summed E-state index contributed by atoms with van der Waals surface area (Å²) >= 11 is 0. The SMILES string of the molecule is CC[C@H]1OC(=O)C[C@@H](O)[C@H](C)[C@@H](O[C@@H]2O[C@H](C)C(O)C(N(C)C)C2O)[C@@H](C)C[C@@H](C)C(=O)/C=C/C(C)=C/[C@@H]1CO. The average Bonchev–Trinajstić information content (AvgIpc) is 2.89. The van der Waals surface area contributed by atoms with Gasteiger partial charge in [-0.15, -0.1) is 0 Å². The van der Waals surface area contributed by atoms with Crippen LogP contribution in [0.1, 0.15) is 60.8 Å². The van der Waals surface area contributed by atoms with Crippen molar-refractivity contribution in [2.45, 2.75) is 110 Å². The number of ether oxygens (including phenoxy) is 3. The van der Waals surface area contributed by atoms with Crippen molar-refractivity contribution in [1.82, 2.24) is 4.90 Å². The highest BCUT2D eigenvalue weighted by Gasteiger charge is 2.46. The maximum absolute atomic E-state index is 13.0. The van der Waals surface area contributed by atoms with E-state index in [1.54, 1.807) is 45.0 Å². The molecule has 40 heavy (non-hydrogen) atoms. The number of hydrogen-bond donors (Lipinski definition) is 4. The first-order valence-corrected chi connectivity index (χ1v) is 14.4. The second-order valence-corrected chi connectivity index (χ2v) is 11.9. The molecule has 10 heteroatoms. The molecular weight excluding hydrogens is 518 g/mol. The van der Waals surface area contributed by atoms with Crippen LogP contribution >= 0.6 is 0 Å². The van der Waals surface area contributed by atoms with Gasteiger partial charge in [-0.25, -0.2) is 0 Å². The van der Waals surface area contributed by atoms with E-state index in [0.717, 1.165) is 5.57 Å². The summed E-state index contributed by atoms with van der Waals surface area (Å²) in [5.41, 5.74) is 0.763. The average molecular weight is 570 g/mol. The summed E-state index contributed by atoms with van der Waals surface area (Å²) in [5.74, 6) is -2.36. The minimum atomic E-state index is -1.18. The van der Waals surface area contributed by atoms with Crippen molar-refractivity contribution < 1.29 is 44.2 Å². The lowest BCUT2D eigenvalue weighted by molar-refractivity contribution is -0.303. The van der Waals surface area contributed by atoms with Gasteiger partial charge in [-0.1, -0.05) is 45.4 Å². The Labute approximate surface area is 239 Å². The van der Waals surface area contributed by atoms with E-state index >= 15 is 0 Å². The van der Waals surface area contributed by atoms with E-state index in [2.05, 4.69) is 0 Å². The van der Waals surface area contributed by atoms with Crippen LogP contribution in [0.15, 0.2) is 23.8 Å². The second-order valence-electron chi connectivity index (χ2n) is 11.9. The molecule has 0 aromatic carbocycles. The molecule has 2 heterocycles. The summed E-state index contributed by atoms with van der Waals surface area (Å²) in [7, 11) is 3.50. The van der Waals surface area contributed by atoms with Crippen LogP contribution in [0, 0.1) is 23.7 Å². The molecule has 0 saturated carbocycles. The highest BCUT2D eigenvalue weighted by molar-refractivity contribution is 5.91. The number of ketones is 1. The fourth-order valence-electron chi connectivity index (χ4n) is 5.79. The van der Waals surface area contributed by atoms with Crippen LogP contribution in [-0.4, -0.2) is 107 Å². The van der Waals surface area contributed by atoms with Crippen molar-refractivity contribution in [2.75, 3.05) is 20.7 Å². The number of nitrogens with zero attached hydrogens (tertiary/aromatic N) is 1. The smallest absolute Gasteiger partial charge is 0.308 e. The maximum atomic E-state index is 13.0. The fraction of sp³-hybridized carbons (Fsp3) is 0.800. The van der Waals surface area contributed by atoms with Crippen molar-refractivity contribution in [1.29, 1.82) is 0 Å². The Kier molecular flexibility index (Phi) is 13.4. The Hall–Kier alpha value is -1.66. The zero-order valence-corrected chi connectivity index (χ0v) is 25.3. The summed E-state index contributed by atoms with van der Waals surface area (Å²) in [6, 6.07) is -0.641. The molecule has 2 aliphatic heterocycles. The van der Waals surface area contributed by atoms with Crippen LogP contribution in [0.2, 0.25) is 0 Å². The third kappa shape index (κ3) is 8.92. The van der Waals surface area contributed by atoms with Gasteiger partial charge in [-0.2, -0.15) is 0 Å².